The molecule has 2 aliphatic carbocycles. The number of benzene rings is 2. The Morgan fingerprint density at radius 2 is 1.46 bits per heavy atom. The fraction of sp³-hybridized carbons (Fsp3) is 0.444. The van der Waals surface area contributed by atoms with Crippen molar-refractivity contribution in [2.75, 3.05) is 20.8 Å². The number of hydrogen-bond donors (Lipinski definition) is 3. The maximum absolute atomic E-state index is 13.5. The van der Waals surface area contributed by atoms with E-state index < -0.39 is 18.2 Å². The lowest BCUT2D eigenvalue weighted by atomic mass is 9.88. The lowest BCUT2D eigenvalue weighted by Crippen LogP contribution is -2.54. The molecular formula is C36H42N6O4. The number of amides is 2. The van der Waals surface area contributed by atoms with Crippen LogP contribution in [-0.2, 0) is 14.3 Å². The Balaban J connectivity index is 1.02. The maximum Gasteiger partial charge on any atom is 0.407 e. The standard InChI is InChI=1S/C36H42N6O4/c1-21(45-2)32(41-36(44)46-3)35(43)42-16-4-5-31(42)34-38-20-30(40-34)26-14-10-24(11-15-26)23-8-12-25(13-9-23)29-19-37-33(39-29)28-18-22-6-7-27(28)17-22/h8-15,19-22,27-28,31-32H,4-7,16-18H2,1-3H3,(H,37,39)(H,38,40)(H,41,44)/t21-,22?,27?,28?,31+,32+/m1/s1. The summed E-state index contributed by atoms with van der Waals surface area (Å²) >= 11 is 0. The fourth-order valence-corrected chi connectivity index (χ4v) is 7.78. The second-order valence-electron chi connectivity index (χ2n) is 13.0. The van der Waals surface area contributed by atoms with Gasteiger partial charge in [-0.25, -0.2) is 14.8 Å². The van der Waals surface area contributed by atoms with Gasteiger partial charge in [-0.3, -0.25) is 4.79 Å². The summed E-state index contributed by atoms with van der Waals surface area (Å²) in [5.74, 6) is 3.98. The number of hydrogen-bond acceptors (Lipinski definition) is 6. The molecule has 3 aliphatic rings. The number of imidazole rings is 2. The van der Waals surface area contributed by atoms with Crippen LogP contribution in [0.3, 0.4) is 0 Å². The number of H-pyrrole nitrogens is 2. The van der Waals surface area contributed by atoms with Gasteiger partial charge >= 0.3 is 6.09 Å². The van der Waals surface area contributed by atoms with Gasteiger partial charge < -0.3 is 29.7 Å². The Hall–Kier alpha value is -4.44. The van der Waals surface area contributed by atoms with Gasteiger partial charge in [0.2, 0.25) is 5.91 Å². The van der Waals surface area contributed by atoms with Crippen molar-refractivity contribution in [1.82, 2.24) is 30.2 Å². The van der Waals surface area contributed by atoms with Crippen LogP contribution in [-0.4, -0.2) is 69.7 Å². The molecule has 6 atom stereocenters. The number of fused-ring (bicyclic) bond motifs is 2. The Bertz CT molecular complexity index is 1680. The average molecular weight is 623 g/mol. The second kappa shape index (κ2) is 12.7. The van der Waals surface area contributed by atoms with E-state index in [9.17, 15) is 9.59 Å². The van der Waals surface area contributed by atoms with E-state index in [1.54, 1.807) is 11.8 Å². The summed E-state index contributed by atoms with van der Waals surface area (Å²) in [6, 6.07) is 16.0. The summed E-state index contributed by atoms with van der Waals surface area (Å²) < 4.78 is 10.1. The number of aromatic nitrogens is 4. The molecule has 0 radical (unpaired) electrons. The van der Waals surface area contributed by atoms with Gasteiger partial charge in [0.15, 0.2) is 0 Å². The van der Waals surface area contributed by atoms with Crippen molar-refractivity contribution in [3.05, 3.63) is 72.6 Å². The van der Waals surface area contributed by atoms with Crippen LogP contribution >= 0.6 is 0 Å². The minimum absolute atomic E-state index is 0.218. The fourth-order valence-electron chi connectivity index (χ4n) is 7.78. The number of methoxy groups -OCH3 is 2. The van der Waals surface area contributed by atoms with Crippen LogP contribution in [0.25, 0.3) is 33.6 Å². The summed E-state index contributed by atoms with van der Waals surface area (Å²) in [7, 11) is 2.79. The normalized spacial score (nSPS) is 23.4. The topological polar surface area (TPSA) is 125 Å². The van der Waals surface area contributed by atoms with Gasteiger partial charge in [-0.05, 0) is 73.1 Å². The monoisotopic (exact) mass is 622 g/mol. The molecule has 2 amide bonds. The van der Waals surface area contributed by atoms with Crippen molar-refractivity contribution < 1.29 is 19.1 Å². The molecule has 3 heterocycles. The van der Waals surface area contributed by atoms with Crippen molar-refractivity contribution in [1.29, 1.82) is 0 Å². The largest absolute Gasteiger partial charge is 0.453 e. The Morgan fingerprint density at radius 1 is 0.848 bits per heavy atom. The number of nitrogens with zero attached hydrogens (tertiary/aromatic N) is 3. The molecule has 3 unspecified atom stereocenters. The van der Waals surface area contributed by atoms with E-state index in [2.05, 4.69) is 68.8 Å². The van der Waals surface area contributed by atoms with Gasteiger partial charge in [0, 0.05) is 19.6 Å². The molecule has 46 heavy (non-hydrogen) atoms. The number of nitrogens with one attached hydrogen (secondary N) is 3. The van der Waals surface area contributed by atoms with E-state index in [0.717, 1.165) is 70.0 Å². The lowest BCUT2D eigenvalue weighted by molar-refractivity contribution is -0.137. The van der Waals surface area contributed by atoms with E-state index >= 15 is 0 Å². The minimum atomic E-state index is -0.863. The highest BCUT2D eigenvalue weighted by Crippen LogP contribution is 2.52. The zero-order valence-electron chi connectivity index (χ0n) is 26.7. The Morgan fingerprint density at radius 3 is 2.02 bits per heavy atom. The van der Waals surface area contributed by atoms with E-state index in [1.165, 1.54) is 39.9 Å². The summed E-state index contributed by atoms with van der Waals surface area (Å²) in [5.41, 5.74) is 6.41. The van der Waals surface area contributed by atoms with E-state index in [4.69, 9.17) is 14.5 Å². The molecule has 240 valence electrons. The van der Waals surface area contributed by atoms with Crippen LogP contribution in [0.1, 0.15) is 69.1 Å². The number of ether oxygens (including phenoxy) is 2. The van der Waals surface area contributed by atoms with Gasteiger partial charge in [-0.2, -0.15) is 0 Å². The van der Waals surface area contributed by atoms with Gasteiger partial charge in [-0.1, -0.05) is 55.0 Å². The lowest BCUT2D eigenvalue weighted by Gasteiger charge is -2.30. The maximum atomic E-state index is 13.5. The number of aromatic amines is 2. The van der Waals surface area contributed by atoms with Crippen LogP contribution in [0, 0.1) is 11.8 Å². The molecule has 2 aromatic carbocycles. The summed E-state index contributed by atoms with van der Waals surface area (Å²) in [5, 5.41) is 2.63. The predicted octanol–water partition coefficient (Wildman–Crippen LogP) is 6.46. The molecule has 2 bridgehead atoms. The van der Waals surface area contributed by atoms with Gasteiger partial charge in [0.1, 0.15) is 17.7 Å². The quantitative estimate of drug-likeness (QED) is 0.197. The number of rotatable bonds is 9. The zero-order chi connectivity index (χ0) is 31.8. The van der Waals surface area contributed by atoms with Gasteiger partial charge in [-0.15, -0.1) is 0 Å². The summed E-state index contributed by atoms with van der Waals surface area (Å²) in [4.78, 5) is 43.8. The third-order valence-corrected chi connectivity index (χ3v) is 10.4. The molecule has 3 N–H and O–H groups in total. The van der Waals surface area contributed by atoms with Crippen LogP contribution in [0.15, 0.2) is 60.9 Å². The van der Waals surface area contributed by atoms with Crippen LogP contribution in [0.4, 0.5) is 4.79 Å². The second-order valence-corrected chi connectivity index (χ2v) is 13.0. The molecule has 2 aromatic heterocycles. The molecule has 10 heteroatoms. The van der Waals surface area contributed by atoms with Gasteiger partial charge in [0.25, 0.3) is 0 Å². The smallest absolute Gasteiger partial charge is 0.407 e. The van der Waals surface area contributed by atoms with Crippen LogP contribution < -0.4 is 5.32 Å². The average Bonchev–Trinajstić information content (AvgIpc) is 3.94. The molecule has 10 nitrogen and oxygen atoms in total. The third kappa shape index (κ3) is 5.82. The van der Waals surface area contributed by atoms with Crippen LogP contribution in [0.2, 0.25) is 0 Å². The first-order chi connectivity index (χ1) is 22.4. The molecule has 3 fully saturated rings. The van der Waals surface area contributed by atoms with E-state index in [1.807, 2.05) is 12.4 Å². The molecule has 0 spiro atoms. The summed E-state index contributed by atoms with van der Waals surface area (Å²) in [6.45, 7) is 2.33. The number of carbonyl (C=O) groups excluding carboxylic acids is 2. The molecule has 1 saturated heterocycles. The Labute approximate surface area is 269 Å². The first kappa shape index (κ1) is 30.2. The molecular weight excluding hydrogens is 580 g/mol. The summed E-state index contributed by atoms with van der Waals surface area (Å²) in [6.07, 6.45) is 9.65. The highest BCUT2D eigenvalue weighted by Gasteiger charge is 2.41. The molecule has 4 aromatic rings. The Kier molecular flexibility index (Phi) is 8.38. The van der Waals surface area contributed by atoms with Crippen molar-refractivity contribution in [2.24, 2.45) is 11.8 Å². The van der Waals surface area contributed by atoms with Crippen molar-refractivity contribution in [3.8, 4) is 33.6 Å². The van der Waals surface area contributed by atoms with E-state index in [0.29, 0.717) is 12.5 Å². The first-order valence-corrected chi connectivity index (χ1v) is 16.4. The SMILES string of the molecule is COC(=O)N[C@H](C(=O)N1CCC[C@H]1c1ncc(-c2ccc(-c3ccc(-c4cnc(C5CC6CCC5C6)[nH]4)cc3)cc2)[nH]1)[C@@H](C)OC. The van der Waals surface area contributed by atoms with Crippen molar-refractivity contribution >= 4 is 12.0 Å². The van der Waals surface area contributed by atoms with Crippen LogP contribution in [0.5, 0.6) is 0 Å². The van der Waals surface area contributed by atoms with E-state index in [-0.39, 0.29) is 11.9 Å². The molecule has 1 aliphatic heterocycles. The first-order valence-electron chi connectivity index (χ1n) is 16.4. The predicted molar refractivity (Wildman–Crippen MR) is 175 cm³/mol. The number of carbonyl (C=O) groups is 2. The number of alkyl carbamates (subject to hydrolysis) is 1. The number of likely N-dealkylation sites (tertiary alicyclic amines) is 1. The highest BCUT2D eigenvalue weighted by molar-refractivity contribution is 5.87. The zero-order valence-corrected chi connectivity index (χ0v) is 26.7. The molecule has 2 saturated carbocycles. The van der Waals surface area contributed by atoms with Crippen molar-refractivity contribution in [3.63, 3.8) is 0 Å². The third-order valence-electron chi connectivity index (χ3n) is 10.4. The minimum Gasteiger partial charge on any atom is -0.453 e. The highest BCUT2D eigenvalue weighted by atomic mass is 16.5. The van der Waals surface area contributed by atoms with Gasteiger partial charge in [0.05, 0.1) is 43.0 Å². The van der Waals surface area contributed by atoms with Crippen molar-refractivity contribution in [2.45, 2.75) is 69.6 Å². The molecule has 7 rings (SSSR count).